The molecule has 0 amide bonds. The molecule has 0 aromatic carbocycles. The van der Waals surface area contributed by atoms with Gasteiger partial charge in [-0.1, -0.05) is 91.9 Å². The molecular weight excluding hydrogens is 168 g/mol. The highest BCUT2D eigenvalue weighted by Crippen LogP contribution is 2.08. The molecule has 0 aromatic heterocycles. The molecule has 0 heteroatoms. The van der Waals surface area contributed by atoms with Gasteiger partial charge in [0.15, 0.2) is 0 Å². The molecule has 0 heterocycles. The van der Waals surface area contributed by atoms with E-state index >= 15 is 0 Å². The van der Waals surface area contributed by atoms with Crippen molar-refractivity contribution in [3.8, 4) is 0 Å². The predicted octanol–water partition coefficient (Wildman–Crippen LogP) is 5.95. The average molecular weight is 200 g/mol. The Morgan fingerprint density at radius 3 is 0.857 bits per heavy atom. The molecule has 0 aliphatic heterocycles. The van der Waals surface area contributed by atoms with Gasteiger partial charge in [-0.3, -0.25) is 0 Å². The number of hydrogen-bond donors (Lipinski definition) is 0. The van der Waals surface area contributed by atoms with Crippen LogP contribution < -0.4 is 0 Å². The van der Waals surface area contributed by atoms with Crippen LogP contribution in [0.25, 0.3) is 0 Å². The second kappa shape index (κ2) is 18.7. The molecule has 0 nitrogen and oxygen atoms in total. The minimum Gasteiger partial charge on any atom is -0.0656 e. The number of rotatable bonds is 8. The van der Waals surface area contributed by atoms with Crippen LogP contribution in [0.5, 0.6) is 0 Å². The molecular formula is C14H32. The van der Waals surface area contributed by atoms with Gasteiger partial charge in [0.1, 0.15) is 0 Å². The average Bonchev–Trinajstić information content (AvgIpc) is 2.18. The van der Waals surface area contributed by atoms with E-state index in [0.717, 1.165) is 0 Å². The van der Waals surface area contributed by atoms with Gasteiger partial charge in [-0.05, 0) is 0 Å². The van der Waals surface area contributed by atoms with Crippen molar-refractivity contribution in [2.45, 2.75) is 91.9 Å². The summed E-state index contributed by atoms with van der Waals surface area (Å²) in [6.45, 7) is 8.80. The fourth-order valence-electron chi connectivity index (χ4n) is 1.38. The molecule has 0 N–H and O–H groups in total. The van der Waals surface area contributed by atoms with Gasteiger partial charge in [0.25, 0.3) is 0 Å². The Labute approximate surface area is 92.5 Å². The molecule has 0 atom stereocenters. The van der Waals surface area contributed by atoms with E-state index in [1.165, 1.54) is 64.2 Å². The summed E-state index contributed by atoms with van der Waals surface area (Å²) in [6, 6.07) is 0. The molecule has 0 radical (unpaired) electrons. The minimum absolute atomic E-state index is 1.25. The molecule has 0 spiro atoms. The molecule has 0 fully saturated rings. The lowest BCUT2D eigenvalue weighted by molar-refractivity contribution is 0.572. The topological polar surface area (TPSA) is 0 Å². The van der Waals surface area contributed by atoms with Crippen molar-refractivity contribution >= 4 is 0 Å². The molecule has 0 aliphatic rings. The lowest BCUT2D eigenvalue weighted by Crippen LogP contribution is -1.79. The van der Waals surface area contributed by atoms with Crippen LogP contribution in [0.15, 0.2) is 0 Å². The van der Waals surface area contributed by atoms with Gasteiger partial charge >= 0.3 is 0 Å². The van der Waals surface area contributed by atoms with Gasteiger partial charge in [0, 0.05) is 0 Å². The lowest BCUT2D eigenvalue weighted by Gasteiger charge is -1.98. The van der Waals surface area contributed by atoms with Crippen LogP contribution in [0.1, 0.15) is 91.9 Å². The van der Waals surface area contributed by atoms with Gasteiger partial charge in [-0.25, -0.2) is 0 Å². The number of hydrogen-bond acceptors (Lipinski definition) is 0. The van der Waals surface area contributed by atoms with Gasteiger partial charge in [0.2, 0.25) is 0 Å². The second-order valence-corrected chi connectivity index (χ2v) is 4.18. The van der Waals surface area contributed by atoms with E-state index in [2.05, 4.69) is 27.7 Å². The van der Waals surface area contributed by atoms with Gasteiger partial charge < -0.3 is 0 Å². The Morgan fingerprint density at radius 1 is 0.429 bits per heavy atom. The first-order valence-electron chi connectivity index (χ1n) is 6.83. The number of unbranched alkanes of at least 4 members (excludes halogenated alkanes) is 8. The summed E-state index contributed by atoms with van der Waals surface area (Å²) < 4.78 is 0. The second-order valence-electron chi connectivity index (χ2n) is 4.18. The molecule has 14 heavy (non-hydrogen) atoms. The summed E-state index contributed by atoms with van der Waals surface area (Å²) in [5.41, 5.74) is 0. The molecule has 0 rings (SSSR count). The van der Waals surface area contributed by atoms with Crippen LogP contribution in [0, 0.1) is 0 Å². The van der Waals surface area contributed by atoms with Crippen molar-refractivity contribution in [3.05, 3.63) is 0 Å². The Morgan fingerprint density at radius 2 is 0.643 bits per heavy atom. The van der Waals surface area contributed by atoms with Crippen molar-refractivity contribution in [1.82, 2.24) is 0 Å². The summed E-state index contributed by atoms with van der Waals surface area (Å²) in [7, 11) is 0. The third-order valence-electron chi connectivity index (χ3n) is 2.21. The largest absolute Gasteiger partial charge is 0.0656 e. The van der Waals surface area contributed by atoms with E-state index in [-0.39, 0.29) is 0 Å². The standard InChI is InChI=1S/C11H24.C3H8/c1-3-5-7-9-11-10-8-6-4-2;1-3-2/h3-11H2,1-2H3;3H2,1-2H3. The van der Waals surface area contributed by atoms with Gasteiger partial charge in [-0.2, -0.15) is 0 Å². The first-order valence-corrected chi connectivity index (χ1v) is 6.83. The van der Waals surface area contributed by atoms with Crippen molar-refractivity contribution < 1.29 is 0 Å². The summed E-state index contributed by atoms with van der Waals surface area (Å²) in [5, 5.41) is 0. The van der Waals surface area contributed by atoms with Gasteiger partial charge in [0.05, 0.1) is 0 Å². The monoisotopic (exact) mass is 200 g/mol. The van der Waals surface area contributed by atoms with Crippen LogP contribution in [-0.4, -0.2) is 0 Å². The third kappa shape index (κ3) is 22.7. The van der Waals surface area contributed by atoms with E-state index in [1.54, 1.807) is 0 Å². The Kier molecular flexibility index (Phi) is 22.0. The van der Waals surface area contributed by atoms with Crippen molar-refractivity contribution in [1.29, 1.82) is 0 Å². The van der Waals surface area contributed by atoms with E-state index < -0.39 is 0 Å². The van der Waals surface area contributed by atoms with Crippen LogP contribution in [0.2, 0.25) is 0 Å². The summed E-state index contributed by atoms with van der Waals surface area (Å²) in [4.78, 5) is 0. The SMILES string of the molecule is CCC.CCCCCCCCCCC. The Balaban J connectivity index is 0. The first-order chi connectivity index (χ1) is 6.83. The van der Waals surface area contributed by atoms with E-state index in [4.69, 9.17) is 0 Å². The zero-order valence-electron chi connectivity index (χ0n) is 11.1. The fourth-order valence-corrected chi connectivity index (χ4v) is 1.38. The summed E-state index contributed by atoms with van der Waals surface area (Å²) in [5.74, 6) is 0. The highest BCUT2D eigenvalue weighted by atomic mass is 13.9. The highest BCUT2D eigenvalue weighted by Gasteiger charge is 1.88. The van der Waals surface area contributed by atoms with E-state index in [1.807, 2.05) is 0 Å². The van der Waals surface area contributed by atoms with Crippen molar-refractivity contribution in [2.24, 2.45) is 0 Å². The zero-order valence-corrected chi connectivity index (χ0v) is 11.1. The maximum Gasteiger partial charge on any atom is -0.0533 e. The summed E-state index contributed by atoms with van der Waals surface area (Å²) >= 11 is 0. The predicted molar refractivity (Wildman–Crippen MR) is 68.9 cm³/mol. The zero-order chi connectivity index (χ0) is 11.1. The van der Waals surface area contributed by atoms with Crippen molar-refractivity contribution in [3.63, 3.8) is 0 Å². The van der Waals surface area contributed by atoms with Crippen molar-refractivity contribution in [2.75, 3.05) is 0 Å². The van der Waals surface area contributed by atoms with Crippen LogP contribution >= 0.6 is 0 Å². The molecule has 0 aliphatic carbocycles. The van der Waals surface area contributed by atoms with E-state index in [0.29, 0.717) is 0 Å². The van der Waals surface area contributed by atoms with Crippen LogP contribution in [0.3, 0.4) is 0 Å². The molecule has 0 saturated heterocycles. The molecule has 88 valence electrons. The molecule has 0 aromatic rings. The lowest BCUT2D eigenvalue weighted by atomic mass is 10.1. The van der Waals surface area contributed by atoms with Crippen LogP contribution in [0.4, 0.5) is 0 Å². The maximum atomic E-state index is 2.27. The van der Waals surface area contributed by atoms with Gasteiger partial charge in [-0.15, -0.1) is 0 Å². The molecule has 0 unspecified atom stereocenters. The minimum atomic E-state index is 1.25. The summed E-state index contributed by atoms with van der Waals surface area (Å²) in [6.07, 6.45) is 14.2. The maximum absolute atomic E-state index is 2.27. The fraction of sp³-hybridized carbons (Fsp3) is 1.00. The quantitative estimate of drug-likeness (QED) is 0.424. The first kappa shape index (κ1) is 16.4. The Bertz CT molecular complexity index is 58.4. The molecule has 0 saturated carbocycles. The van der Waals surface area contributed by atoms with Crippen LogP contribution in [-0.2, 0) is 0 Å². The Hall–Kier alpha value is 0. The van der Waals surface area contributed by atoms with E-state index in [9.17, 15) is 0 Å². The normalized spacial score (nSPS) is 9.43. The third-order valence-corrected chi connectivity index (χ3v) is 2.21. The highest BCUT2D eigenvalue weighted by molar-refractivity contribution is 4.44. The molecule has 0 bridgehead atoms. The smallest absolute Gasteiger partial charge is 0.0533 e.